The first-order valence-corrected chi connectivity index (χ1v) is 10.6. The summed E-state index contributed by atoms with van der Waals surface area (Å²) in [5, 5.41) is 10.5. The summed E-state index contributed by atoms with van der Waals surface area (Å²) in [5.41, 5.74) is 0.427. The zero-order valence-corrected chi connectivity index (χ0v) is 16.8. The van der Waals surface area contributed by atoms with E-state index < -0.39 is 0 Å². The predicted octanol–water partition coefficient (Wildman–Crippen LogP) is 3.62. The lowest BCUT2D eigenvalue weighted by molar-refractivity contribution is -0.157. The van der Waals surface area contributed by atoms with E-state index in [2.05, 4.69) is 41.3 Å². The maximum atomic E-state index is 12.4. The summed E-state index contributed by atoms with van der Waals surface area (Å²) in [6.07, 6.45) is 7.99. The second kappa shape index (κ2) is 5.33. The van der Waals surface area contributed by atoms with Gasteiger partial charge in [-0.1, -0.05) is 36.4 Å². The second-order valence-electron chi connectivity index (χ2n) is 9.23. The number of carbonyl (C=O) groups excluding carboxylic acids is 1. The summed E-state index contributed by atoms with van der Waals surface area (Å²) in [6.45, 7) is 4.81. The molecule has 3 unspecified atom stereocenters. The molecule has 1 aliphatic heterocycles. The summed E-state index contributed by atoms with van der Waals surface area (Å²) in [5.74, 6) is 2.53. The highest BCUT2D eigenvalue weighted by Crippen LogP contribution is 2.64. The molecule has 0 radical (unpaired) electrons. The van der Waals surface area contributed by atoms with Crippen LogP contribution in [0, 0.1) is 28.6 Å². The van der Waals surface area contributed by atoms with Gasteiger partial charge in [0.1, 0.15) is 0 Å². The molecule has 3 saturated carbocycles. The highest BCUT2D eigenvalue weighted by atomic mass is 127. The molecule has 3 nitrogen and oxygen atoms in total. The standard InChI is InChI=1S/C19H30INO2/c1-18-9-8-13-11(12(18)5-7-16(18)22)4-6-15-19(13,2)10-14(20)17(23)21(15)3/h11-16,22H,4-10H2,1-3H3/t11-,12-,13+,14?,15?,16?,18-,19+/m0/s1. The summed E-state index contributed by atoms with van der Waals surface area (Å²) >= 11 is 2.37. The van der Waals surface area contributed by atoms with E-state index in [0.717, 1.165) is 31.1 Å². The van der Waals surface area contributed by atoms with Crippen LogP contribution in [0.4, 0.5) is 0 Å². The number of carbonyl (C=O) groups is 1. The molecule has 4 fully saturated rings. The fourth-order valence-electron chi connectivity index (χ4n) is 7.18. The molecule has 0 aromatic heterocycles. The minimum atomic E-state index is -0.0908. The fraction of sp³-hybridized carbons (Fsp3) is 0.947. The first-order chi connectivity index (χ1) is 10.8. The van der Waals surface area contributed by atoms with Gasteiger partial charge in [0.25, 0.3) is 0 Å². The van der Waals surface area contributed by atoms with Crippen molar-refractivity contribution in [3.63, 3.8) is 0 Å². The molecule has 0 spiro atoms. The van der Waals surface area contributed by atoms with Gasteiger partial charge in [0.2, 0.25) is 5.91 Å². The SMILES string of the molecule is CN1C(=O)C(I)C[C@@]2(C)C1CC[C@@H]1[C@H]2CC[C@]2(C)C(O)CC[C@@H]12. The maximum Gasteiger partial charge on any atom is 0.235 e. The van der Waals surface area contributed by atoms with Crippen molar-refractivity contribution in [2.75, 3.05) is 7.05 Å². The fourth-order valence-corrected chi connectivity index (χ4v) is 8.57. The van der Waals surface area contributed by atoms with Gasteiger partial charge < -0.3 is 10.0 Å². The lowest BCUT2D eigenvalue weighted by atomic mass is 9.47. The van der Waals surface area contributed by atoms with Crippen molar-refractivity contribution in [2.45, 2.75) is 74.9 Å². The van der Waals surface area contributed by atoms with Crippen LogP contribution in [0.5, 0.6) is 0 Å². The molecular weight excluding hydrogens is 401 g/mol. The van der Waals surface area contributed by atoms with E-state index in [1.54, 1.807) is 0 Å². The molecule has 4 aliphatic rings. The van der Waals surface area contributed by atoms with Crippen LogP contribution in [0.1, 0.15) is 58.8 Å². The number of likely N-dealkylation sites (tertiary alicyclic amines) is 1. The molecule has 1 heterocycles. The van der Waals surface area contributed by atoms with Crippen molar-refractivity contribution in [2.24, 2.45) is 28.6 Å². The van der Waals surface area contributed by atoms with Crippen LogP contribution in [0.2, 0.25) is 0 Å². The van der Waals surface area contributed by atoms with Crippen LogP contribution >= 0.6 is 22.6 Å². The van der Waals surface area contributed by atoms with Gasteiger partial charge in [0, 0.05) is 13.1 Å². The Morgan fingerprint density at radius 3 is 2.52 bits per heavy atom. The normalized spacial score (nSPS) is 56.0. The highest BCUT2D eigenvalue weighted by Gasteiger charge is 2.61. The zero-order valence-electron chi connectivity index (χ0n) is 14.6. The van der Waals surface area contributed by atoms with Crippen molar-refractivity contribution in [3.05, 3.63) is 0 Å². The number of halogens is 1. The molecule has 1 amide bonds. The Bertz CT molecular complexity index is 525. The van der Waals surface area contributed by atoms with E-state index >= 15 is 0 Å². The third-order valence-electron chi connectivity index (χ3n) is 8.47. The molecule has 3 aliphatic carbocycles. The van der Waals surface area contributed by atoms with E-state index in [4.69, 9.17) is 0 Å². The van der Waals surface area contributed by atoms with Gasteiger partial charge in [-0.3, -0.25) is 4.79 Å². The Labute approximate surface area is 153 Å². The minimum absolute atomic E-state index is 0.0908. The van der Waals surface area contributed by atoms with Gasteiger partial charge in [0.05, 0.1) is 10.0 Å². The Kier molecular flexibility index (Phi) is 3.85. The molecule has 130 valence electrons. The number of fused-ring (bicyclic) bond motifs is 5. The van der Waals surface area contributed by atoms with Crippen LogP contribution in [-0.2, 0) is 4.79 Å². The summed E-state index contributed by atoms with van der Waals surface area (Å²) < 4.78 is 0.139. The van der Waals surface area contributed by atoms with Crippen molar-refractivity contribution in [1.29, 1.82) is 0 Å². The molecule has 4 heteroatoms. The van der Waals surface area contributed by atoms with Gasteiger partial charge in [-0.25, -0.2) is 0 Å². The van der Waals surface area contributed by atoms with Gasteiger partial charge in [-0.05, 0) is 73.5 Å². The molecule has 0 bridgehead atoms. The monoisotopic (exact) mass is 431 g/mol. The van der Waals surface area contributed by atoms with Crippen LogP contribution in [0.15, 0.2) is 0 Å². The van der Waals surface area contributed by atoms with Gasteiger partial charge in [-0.15, -0.1) is 0 Å². The average Bonchev–Trinajstić information content (AvgIpc) is 2.80. The molecular formula is C19H30INO2. The van der Waals surface area contributed by atoms with Gasteiger partial charge in [0.15, 0.2) is 0 Å². The molecule has 4 rings (SSSR count). The molecule has 8 atom stereocenters. The first-order valence-electron chi connectivity index (χ1n) is 9.38. The van der Waals surface area contributed by atoms with Crippen molar-refractivity contribution in [3.8, 4) is 0 Å². The lowest BCUT2D eigenvalue weighted by Crippen LogP contribution is -2.63. The third kappa shape index (κ3) is 2.12. The van der Waals surface area contributed by atoms with Gasteiger partial charge >= 0.3 is 0 Å². The smallest absolute Gasteiger partial charge is 0.235 e. The number of alkyl halides is 1. The largest absolute Gasteiger partial charge is 0.393 e. The number of hydrogen-bond donors (Lipinski definition) is 1. The minimum Gasteiger partial charge on any atom is -0.393 e. The van der Waals surface area contributed by atoms with Crippen LogP contribution in [0.3, 0.4) is 0 Å². The average molecular weight is 431 g/mol. The molecule has 1 N–H and O–H groups in total. The number of piperidine rings is 1. The lowest BCUT2D eigenvalue weighted by Gasteiger charge is -2.62. The van der Waals surface area contributed by atoms with Crippen molar-refractivity contribution in [1.82, 2.24) is 4.90 Å². The Morgan fingerprint density at radius 1 is 1.09 bits per heavy atom. The Balaban J connectivity index is 1.67. The Morgan fingerprint density at radius 2 is 1.78 bits per heavy atom. The quantitative estimate of drug-likeness (QED) is 0.470. The second-order valence-corrected chi connectivity index (χ2v) is 10.7. The van der Waals surface area contributed by atoms with Crippen LogP contribution in [0.25, 0.3) is 0 Å². The van der Waals surface area contributed by atoms with Crippen molar-refractivity contribution >= 4 is 28.5 Å². The number of rotatable bonds is 0. The number of nitrogens with zero attached hydrogens (tertiary/aromatic N) is 1. The van der Waals surface area contributed by atoms with E-state index in [9.17, 15) is 9.90 Å². The van der Waals surface area contributed by atoms with E-state index in [-0.39, 0.29) is 20.9 Å². The number of amides is 1. The molecule has 1 saturated heterocycles. The topological polar surface area (TPSA) is 40.5 Å². The number of aliphatic hydroxyl groups excluding tert-OH is 1. The maximum absolute atomic E-state index is 12.4. The zero-order chi connectivity index (χ0) is 16.6. The highest BCUT2D eigenvalue weighted by molar-refractivity contribution is 14.1. The molecule has 0 aromatic rings. The third-order valence-corrected chi connectivity index (χ3v) is 9.44. The summed E-state index contributed by atoms with van der Waals surface area (Å²) in [6, 6.07) is 0.429. The predicted molar refractivity (Wildman–Crippen MR) is 99.4 cm³/mol. The van der Waals surface area contributed by atoms with Crippen LogP contribution in [-0.4, -0.2) is 39.0 Å². The first kappa shape index (κ1) is 16.6. The summed E-state index contributed by atoms with van der Waals surface area (Å²) in [7, 11) is 2.03. The van der Waals surface area contributed by atoms with E-state index in [1.165, 1.54) is 25.7 Å². The molecule has 0 aromatic carbocycles. The van der Waals surface area contributed by atoms with E-state index in [1.807, 2.05) is 7.05 Å². The van der Waals surface area contributed by atoms with Gasteiger partial charge in [-0.2, -0.15) is 0 Å². The van der Waals surface area contributed by atoms with Crippen molar-refractivity contribution < 1.29 is 9.90 Å². The molecule has 23 heavy (non-hydrogen) atoms. The Hall–Kier alpha value is 0.160. The van der Waals surface area contributed by atoms with Crippen LogP contribution < -0.4 is 0 Å². The number of hydrogen-bond acceptors (Lipinski definition) is 2. The summed E-state index contributed by atoms with van der Waals surface area (Å²) in [4.78, 5) is 14.5. The van der Waals surface area contributed by atoms with E-state index in [0.29, 0.717) is 17.9 Å². The number of aliphatic hydroxyl groups is 1.